The molecule has 0 aliphatic heterocycles. The van der Waals surface area contributed by atoms with Crippen LogP contribution in [-0.4, -0.2) is 17.3 Å². The van der Waals surface area contributed by atoms with Crippen molar-refractivity contribution in [2.24, 2.45) is 0 Å². The van der Waals surface area contributed by atoms with Gasteiger partial charge in [0, 0.05) is 17.8 Å². The summed E-state index contributed by atoms with van der Waals surface area (Å²) in [5, 5.41) is 12.5. The van der Waals surface area contributed by atoms with Crippen LogP contribution < -0.4 is 5.32 Å². The van der Waals surface area contributed by atoms with Crippen molar-refractivity contribution >= 4 is 5.69 Å². The third-order valence-corrected chi connectivity index (χ3v) is 2.79. The zero-order chi connectivity index (χ0) is 12.2. The Balaban J connectivity index is 2.88. The monoisotopic (exact) mass is 221 g/mol. The molecule has 0 radical (unpaired) electrons. The van der Waals surface area contributed by atoms with Crippen LogP contribution in [0.3, 0.4) is 0 Å². The van der Waals surface area contributed by atoms with Gasteiger partial charge >= 0.3 is 0 Å². The van der Waals surface area contributed by atoms with E-state index in [4.69, 9.17) is 5.11 Å². The van der Waals surface area contributed by atoms with Gasteiger partial charge in [-0.25, -0.2) is 0 Å². The van der Waals surface area contributed by atoms with Crippen molar-refractivity contribution in [3.05, 3.63) is 29.8 Å². The smallest absolute Gasteiger partial charge is 0.0453 e. The van der Waals surface area contributed by atoms with Crippen molar-refractivity contribution in [1.82, 2.24) is 0 Å². The van der Waals surface area contributed by atoms with E-state index >= 15 is 0 Å². The van der Waals surface area contributed by atoms with Crippen LogP contribution in [0.1, 0.15) is 45.6 Å². The number of rotatable bonds is 5. The largest absolute Gasteiger partial charge is 0.396 e. The van der Waals surface area contributed by atoms with Crippen molar-refractivity contribution in [3.63, 3.8) is 0 Å². The second-order valence-corrected chi connectivity index (χ2v) is 5.22. The molecule has 0 atom stereocenters. The SMILES string of the molecule is CC(C)c1ccccc1NC(C)(C)CCO. The lowest BCUT2D eigenvalue weighted by Gasteiger charge is -2.28. The molecule has 0 bridgehead atoms. The van der Waals surface area contributed by atoms with Gasteiger partial charge in [-0.1, -0.05) is 32.0 Å². The fourth-order valence-corrected chi connectivity index (χ4v) is 1.82. The summed E-state index contributed by atoms with van der Waals surface area (Å²) in [6.45, 7) is 8.82. The zero-order valence-electron chi connectivity index (χ0n) is 10.7. The lowest BCUT2D eigenvalue weighted by Crippen LogP contribution is -2.32. The Morgan fingerprint density at radius 1 is 1.25 bits per heavy atom. The maximum Gasteiger partial charge on any atom is 0.0453 e. The number of aliphatic hydroxyl groups is 1. The summed E-state index contributed by atoms with van der Waals surface area (Å²) in [6, 6.07) is 8.37. The van der Waals surface area contributed by atoms with E-state index < -0.39 is 0 Å². The van der Waals surface area contributed by atoms with E-state index in [0.29, 0.717) is 5.92 Å². The fourth-order valence-electron chi connectivity index (χ4n) is 1.82. The van der Waals surface area contributed by atoms with Crippen LogP contribution in [0.15, 0.2) is 24.3 Å². The van der Waals surface area contributed by atoms with Crippen molar-refractivity contribution in [2.75, 3.05) is 11.9 Å². The third kappa shape index (κ3) is 3.53. The number of hydrogen-bond donors (Lipinski definition) is 2. The third-order valence-electron chi connectivity index (χ3n) is 2.79. The van der Waals surface area contributed by atoms with Crippen molar-refractivity contribution in [3.8, 4) is 0 Å². The Morgan fingerprint density at radius 2 is 1.88 bits per heavy atom. The molecule has 0 aliphatic carbocycles. The summed E-state index contributed by atoms with van der Waals surface area (Å²) in [5.41, 5.74) is 2.43. The molecule has 0 aromatic heterocycles. The molecule has 0 aliphatic rings. The first-order valence-corrected chi connectivity index (χ1v) is 5.94. The van der Waals surface area contributed by atoms with Crippen LogP contribution in [0.25, 0.3) is 0 Å². The van der Waals surface area contributed by atoms with E-state index in [9.17, 15) is 0 Å². The van der Waals surface area contributed by atoms with Crippen molar-refractivity contribution in [1.29, 1.82) is 0 Å². The first-order chi connectivity index (χ1) is 7.46. The first-order valence-electron chi connectivity index (χ1n) is 5.94. The number of nitrogens with one attached hydrogen (secondary N) is 1. The lowest BCUT2D eigenvalue weighted by molar-refractivity contribution is 0.261. The lowest BCUT2D eigenvalue weighted by atomic mass is 9.96. The van der Waals surface area contributed by atoms with Crippen LogP contribution in [0.5, 0.6) is 0 Å². The molecule has 0 fully saturated rings. The van der Waals surface area contributed by atoms with Gasteiger partial charge in [-0.05, 0) is 37.8 Å². The van der Waals surface area contributed by atoms with Gasteiger partial charge in [0.05, 0.1) is 0 Å². The van der Waals surface area contributed by atoms with Gasteiger partial charge in [0.15, 0.2) is 0 Å². The van der Waals surface area contributed by atoms with Gasteiger partial charge in [0.25, 0.3) is 0 Å². The molecule has 1 aromatic carbocycles. The minimum Gasteiger partial charge on any atom is -0.396 e. The van der Waals surface area contributed by atoms with Crippen molar-refractivity contribution in [2.45, 2.75) is 45.6 Å². The van der Waals surface area contributed by atoms with Crippen LogP contribution >= 0.6 is 0 Å². The molecule has 0 unspecified atom stereocenters. The Kier molecular flexibility index (Phi) is 4.36. The molecule has 1 aromatic rings. The van der Waals surface area contributed by atoms with Gasteiger partial charge in [-0.3, -0.25) is 0 Å². The number of aliphatic hydroxyl groups excluding tert-OH is 1. The summed E-state index contributed by atoms with van der Waals surface area (Å²) in [4.78, 5) is 0. The molecule has 0 saturated heterocycles. The highest BCUT2D eigenvalue weighted by atomic mass is 16.3. The molecule has 2 heteroatoms. The average Bonchev–Trinajstić information content (AvgIpc) is 2.17. The summed E-state index contributed by atoms with van der Waals surface area (Å²) in [5.74, 6) is 0.508. The fraction of sp³-hybridized carbons (Fsp3) is 0.571. The second kappa shape index (κ2) is 5.35. The number of anilines is 1. The summed E-state index contributed by atoms with van der Waals surface area (Å²) < 4.78 is 0. The summed E-state index contributed by atoms with van der Waals surface area (Å²) in [7, 11) is 0. The van der Waals surface area contributed by atoms with E-state index in [0.717, 1.165) is 6.42 Å². The highest BCUT2D eigenvalue weighted by Gasteiger charge is 2.18. The van der Waals surface area contributed by atoms with E-state index in [1.165, 1.54) is 11.3 Å². The molecular formula is C14H23NO. The predicted octanol–water partition coefficient (Wildman–Crippen LogP) is 3.38. The Hall–Kier alpha value is -1.02. The summed E-state index contributed by atoms with van der Waals surface area (Å²) in [6.07, 6.45) is 0.749. The highest BCUT2D eigenvalue weighted by molar-refractivity contribution is 5.54. The molecule has 0 saturated carbocycles. The quantitative estimate of drug-likeness (QED) is 0.799. The minimum atomic E-state index is -0.0697. The minimum absolute atomic E-state index is 0.0697. The normalized spacial score (nSPS) is 11.9. The number of benzene rings is 1. The van der Waals surface area contributed by atoms with Crippen LogP contribution in [0.4, 0.5) is 5.69 Å². The molecular weight excluding hydrogens is 198 g/mol. The van der Waals surface area contributed by atoms with E-state index in [2.05, 4.69) is 51.2 Å². The molecule has 1 rings (SSSR count). The van der Waals surface area contributed by atoms with Gasteiger partial charge in [0.1, 0.15) is 0 Å². The molecule has 16 heavy (non-hydrogen) atoms. The van der Waals surface area contributed by atoms with Gasteiger partial charge < -0.3 is 10.4 Å². The van der Waals surface area contributed by atoms with Crippen LogP contribution in [0, 0.1) is 0 Å². The van der Waals surface area contributed by atoms with Crippen molar-refractivity contribution < 1.29 is 5.11 Å². The maximum atomic E-state index is 9.02. The molecule has 0 amide bonds. The van der Waals surface area contributed by atoms with E-state index in [1.54, 1.807) is 0 Å². The molecule has 0 spiro atoms. The molecule has 2 nitrogen and oxygen atoms in total. The average molecular weight is 221 g/mol. The Morgan fingerprint density at radius 3 is 2.44 bits per heavy atom. The highest BCUT2D eigenvalue weighted by Crippen LogP contribution is 2.27. The van der Waals surface area contributed by atoms with Crippen LogP contribution in [0.2, 0.25) is 0 Å². The topological polar surface area (TPSA) is 32.3 Å². The molecule has 0 heterocycles. The van der Waals surface area contributed by atoms with Gasteiger partial charge in [0.2, 0.25) is 0 Å². The van der Waals surface area contributed by atoms with Gasteiger partial charge in [-0.15, -0.1) is 0 Å². The predicted molar refractivity (Wildman–Crippen MR) is 69.9 cm³/mol. The second-order valence-electron chi connectivity index (χ2n) is 5.22. The van der Waals surface area contributed by atoms with E-state index in [1.807, 2.05) is 6.07 Å². The molecule has 2 N–H and O–H groups in total. The van der Waals surface area contributed by atoms with E-state index in [-0.39, 0.29) is 12.1 Å². The van der Waals surface area contributed by atoms with Gasteiger partial charge in [-0.2, -0.15) is 0 Å². The van der Waals surface area contributed by atoms with Crippen LogP contribution in [-0.2, 0) is 0 Å². The number of hydrogen-bond acceptors (Lipinski definition) is 2. The molecule has 90 valence electrons. The number of para-hydroxylation sites is 1. The first kappa shape index (κ1) is 13.0. The summed E-state index contributed by atoms with van der Waals surface area (Å²) >= 11 is 0. The Bertz CT molecular complexity index is 331. The zero-order valence-corrected chi connectivity index (χ0v) is 10.7. The standard InChI is InChI=1S/C14H23NO/c1-11(2)12-7-5-6-8-13(12)15-14(3,4)9-10-16/h5-8,11,15-16H,9-10H2,1-4H3. The Labute approximate surface area is 98.7 Å². The maximum absolute atomic E-state index is 9.02.